The number of carbonyl (C=O) groups is 1. The Morgan fingerprint density at radius 1 is 1.06 bits per heavy atom. The van der Waals surface area contributed by atoms with Crippen LogP contribution in [-0.2, 0) is 4.74 Å². The third-order valence-corrected chi connectivity index (χ3v) is 8.63. The number of rotatable bonds is 3. The predicted octanol–water partition coefficient (Wildman–Crippen LogP) is 4.84. The molecule has 1 amide bonds. The number of hydrogen-bond acceptors (Lipinski definition) is 6. The highest BCUT2D eigenvalue weighted by Crippen LogP contribution is 2.52. The normalized spacial score (nSPS) is 29.0. The molecule has 2 aromatic heterocycles. The molecule has 4 atom stereocenters. The standard InChI is InChI=1S/C27H40N6O2/c1-18-15-31(26(34)35-27(2,3)4)11-12-32(18)24-23-22(30-9-5-6-10-30)16-33(25(23)29-17-28-24)21-14-19-7-8-20(21)13-19/h16-21H,5-15H2,1-4H3/t18-,19+,20-,21+/m0/s1. The van der Waals surface area contributed by atoms with Crippen molar-refractivity contribution >= 4 is 28.6 Å². The Morgan fingerprint density at radius 2 is 1.86 bits per heavy atom. The zero-order valence-electron chi connectivity index (χ0n) is 21.7. The van der Waals surface area contributed by atoms with E-state index in [4.69, 9.17) is 14.7 Å². The molecule has 0 spiro atoms. The molecule has 0 N–H and O–H groups in total. The van der Waals surface area contributed by atoms with Crippen molar-refractivity contribution in [3.63, 3.8) is 0 Å². The Bertz CT molecular complexity index is 1100. The molecule has 8 heteroatoms. The second-order valence-corrected chi connectivity index (χ2v) is 12.2. The maximum atomic E-state index is 12.7. The van der Waals surface area contributed by atoms with Crippen LogP contribution in [0.3, 0.4) is 0 Å². The first kappa shape index (κ1) is 22.9. The number of piperazine rings is 1. The summed E-state index contributed by atoms with van der Waals surface area (Å²) < 4.78 is 8.15. The van der Waals surface area contributed by atoms with E-state index >= 15 is 0 Å². The SMILES string of the molecule is C[C@H]1CN(C(=O)OC(C)(C)C)CCN1c1ncnc2c1c(N1CCCC1)cn2[C@@H]1C[C@@H]2CC[C@H]1C2. The zero-order chi connectivity index (χ0) is 24.3. The summed E-state index contributed by atoms with van der Waals surface area (Å²) in [7, 11) is 0. The molecule has 2 saturated heterocycles. The molecule has 2 aliphatic heterocycles. The summed E-state index contributed by atoms with van der Waals surface area (Å²) in [5.41, 5.74) is 1.91. The van der Waals surface area contributed by atoms with E-state index in [1.807, 2.05) is 25.7 Å². The van der Waals surface area contributed by atoms with E-state index in [0.29, 0.717) is 19.1 Å². The van der Waals surface area contributed by atoms with Gasteiger partial charge in [0.25, 0.3) is 0 Å². The second kappa shape index (κ2) is 8.56. The predicted molar refractivity (Wildman–Crippen MR) is 138 cm³/mol. The minimum atomic E-state index is -0.483. The van der Waals surface area contributed by atoms with Gasteiger partial charge in [0.2, 0.25) is 0 Å². The highest BCUT2D eigenvalue weighted by Gasteiger charge is 2.42. The zero-order valence-corrected chi connectivity index (χ0v) is 21.7. The number of carbonyl (C=O) groups excluding carboxylic acids is 1. The van der Waals surface area contributed by atoms with E-state index in [1.54, 1.807) is 6.33 Å². The van der Waals surface area contributed by atoms with E-state index in [-0.39, 0.29) is 12.1 Å². The van der Waals surface area contributed by atoms with Crippen molar-refractivity contribution in [2.24, 2.45) is 11.8 Å². The van der Waals surface area contributed by atoms with Crippen LogP contribution in [0.25, 0.3) is 11.0 Å². The van der Waals surface area contributed by atoms with Gasteiger partial charge in [-0.2, -0.15) is 0 Å². The molecule has 35 heavy (non-hydrogen) atoms. The first-order valence-electron chi connectivity index (χ1n) is 13.6. The maximum absolute atomic E-state index is 12.7. The monoisotopic (exact) mass is 480 g/mol. The average molecular weight is 481 g/mol. The third kappa shape index (κ3) is 4.12. The molecular formula is C27H40N6O2. The highest BCUT2D eigenvalue weighted by atomic mass is 16.6. The van der Waals surface area contributed by atoms with Crippen LogP contribution in [-0.4, -0.2) is 69.9 Å². The Labute approximate surface area is 208 Å². The molecule has 4 heterocycles. The number of amides is 1. The van der Waals surface area contributed by atoms with Crippen molar-refractivity contribution in [2.75, 3.05) is 42.5 Å². The second-order valence-electron chi connectivity index (χ2n) is 12.2. The number of anilines is 2. The molecule has 2 saturated carbocycles. The summed E-state index contributed by atoms with van der Waals surface area (Å²) in [6.45, 7) is 12.2. The van der Waals surface area contributed by atoms with E-state index in [0.717, 1.165) is 42.9 Å². The highest BCUT2D eigenvalue weighted by molar-refractivity contribution is 6.00. The van der Waals surface area contributed by atoms with Crippen molar-refractivity contribution in [3.8, 4) is 0 Å². The number of aromatic nitrogens is 3. The molecule has 2 aliphatic carbocycles. The molecule has 0 aromatic carbocycles. The van der Waals surface area contributed by atoms with Gasteiger partial charge in [0, 0.05) is 51.0 Å². The van der Waals surface area contributed by atoms with Crippen LogP contribution in [0.4, 0.5) is 16.3 Å². The smallest absolute Gasteiger partial charge is 0.410 e. The molecule has 8 nitrogen and oxygen atoms in total. The quantitative estimate of drug-likeness (QED) is 0.626. The Balaban J connectivity index is 1.34. The van der Waals surface area contributed by atoms with Gasteiger partial charge in [-0.1, -0.05) is 6.42 Å². The summed E-state index contributed by atoms with van der Waals surface area (Å²) >= 11 is 0. The van der Waals surface area contributed by atoms with Crippen LogP contribution >= 0.6 is 0 Å². The molecule has 4 fully saturated rings. The van der Waals surface area contributed by atoms with Crippen LogP contribution in [0, 0.1) is 11.8 Å². The molecule has 6 rings (SSSR count). The van der Waals surface area contributed by atoms with Crippen LogP contribution in [0.5, 0.6) is 0 Å². The molecule has 190 valence electrons. The van der Waals surface area contributed by atoms with Crippen LogP contribution in [0.1, 0.15) is 72.3 Å². The number of nitrogens with zero attached hydrogens (tertiary/aromatic N) is 6. The minimum absolute atomic E-state index is 0.145. The summed E-state index contributed by atoms with van der Waals surface area (Å²) in [4.78, 5) is 29.2. The Kier molecular flexibility index (Phi) is 5.60. The van der Waals surface area contributed by atoms with Crippen molar-refractivity contribution < 1.29 is 9.53 Å². The number of ether oxygens (including phenoxy) is 1. The van der Waals surface area contributed by atoms with Gasteiger partial charge in [-0.15, -0.1) is 0 Å². The molecule has 2 bridgehead atoms. The Morgan fingerprint density at radius 3 is 2.51 bits per heavy atom. The van der Waals surface area contributed by atoms with Gasteiger partial charge in [-0.05, 0) is 71.6 Å². The lowest BCUT2D eigenvalue weighted by atomic mass is 9.95. The lowest BCUT2D eigenvalue weighted by molar-refractivity contribution is 0.0218. The van der Waals surface area contributed by atoms with E-state index < -0.39 is 5.60 Å². The van der Waals surface area contributed by atoms with Gasteiger partial charge in [0.15, 0.2) is 0 Å². The average Bonchev–Trinajstić information content (AvgIpc) is 3.61. The van der Waals surface area contributed by atoms with Gasteiger partial charge in [-0.25, -0.2) is 14.8 Å². The van der Waals surface area contributed by atoms with Gasteiger partial charge in [0.05, 0.1) is 11.1 Å². The van der Waals surface area contributed by atoms with Gasteiger partial charge in [-0.3, -0.25) is 0 Å². The van der Waals surface area contributed by atoms with Gasteiger partial charge < -0.3 is 24.0 Å². The largest absolute Gasteiger partial charge is 0.444 e. The first-order valence-corrected chi connectivity index (χ1v) is 13.6. The third-order valence-electron chi connectivity index (χ3n) is 8.63. The summed E-state index contributed by atoms with van der Waals surface area (Å²) in [6, 6.07) is 0.712. The topological polar surface area (TPSA) is 66.7 Å². The molecule has 4 aliphatic rings. The number of fused-ring (bicyclic) bond motifs is 3. The van der Waals surface area contributed by atoms with Crippen molar-refractivity contribution in [1.82, 2.24) is 19.4 Å². The van der Waals surface area contributed by atoms with Crippen LogP contribution < -0.4 is 9.80 Å². The van der Waals surface area contributed by atoms with Gasteiger partial charge in [0.1, 0.15) is 23.4 Å². The fraction of sp³-hybridized carbons (Fsp3) is 0.741. The maximum Gasteiger partial charge on any atom is 0.410 e. The van der Waals surface area contributed by atoms with Gasteiger partial charge >= 0.3 is 6.09 Å². The molecule has 2 aromatic rings. The van der Waals surface area contributed by atoms with Crippen LogP contribution in [0.2, 0.25) is 0 Å². The summed E-state index contributed by atoms with van der Waals surface area (Å²) in [5.74, 6) is 2.70. The molecular weight excluding hydrogens is 440 g/mol. The first-order chi connectivity index (χ1) is 16.8. The summed E-state index contributed by atoms with van der Waals surface area (Å²) in [5, 5.41) is 1.20. The fourth-order valence-electron chi connectivity index (χ4n) is 7.03. The van der Waals surface area contributed by atoms with E-state index in [9.17, 15) is 4.79 Å². The number of hydrogen-bond donors (Lipinski definition) is 0. The van der Waals surface area contributed by atoms with Crippen molar-refractivity contribution in [2.45, 2.75) is 83.9 Å². The molecule has 0 unspecified atom stereocenters. The van der Waals surface area contributed by atoms with Crippen molar-refractivity contribution in [3.05, 3.63) is 12.5 Å². The minimum Gasteiger partial charge on any atom is -0.444 e. The summed E-state index contributed by atoms with van der Waals surface area (Å²) in [6.07, 6.45) is 11.8. The Hall–Kier alpha value is -2.51. The van der Waals surface area contributed by atoms with E-state index in [1.165, 1.54) is 49.6 Å². The van der Waals surface area contributed by atoms with Crippen molar-refractivity contribution in [1.29, 1.82) is 0 Å². The fourth-order valence-corrected chi connectivity index (χ4v) is 7.03. The van der Waals surface area contributed by atoms with E-state index in [2.05, 4.69) is 27.5 Å². The van der Waals surface area contributed by atoms with Crippen LogP contribution in [0.15, 0.2) is 12.5 Å². The lowest BCUT2D eigenvalue weighted by Crippen LogP contribution is -2.54. The lowest BCUT2D eigenvalue weighted by Gasteiger charge is -2.41. The molecule has 0 radical (unpaired) electrons.